The summed E-state index contributed by atoms with van der Waals surface area (Å²) < 4.78 is 0. The van der Waals surface area contributed by atoms with Crippen LogP contribution in [0.5, 0.6) is 0 Å². The van der Waals surface area contributed by atoms with Gasteiger partial charge in [-0.25, -0.2) is 4.99 Å². The standard InChI is InChI=1S/C9H19N5/c1-6(2)4-7-5-12-9(14(7)3)13-8(10)11/h6-7H,4-5H2,1-3H3,(H4,10,11,12,13)/t7-/m0/s1. The van der Waals surface area contributed by atoms with Crippen molar-refractivity contribution in [2.45, 2.75) is 26.3 Å². The average Bonchev–Trinajstić information content (AvgIpc) is 2.34. The van der Waals surface area contributed by atoms with E-state index in [0.29, 0.717) is 17.9 Å². The van der Waals surface area contributed by atoms with Gasteiger partial charge < -0.3 is 16.4 Å². The minimum Gasteiger partial charge on any atom is -0.370 e. The number of guanidine groups is 2. The van der Waals surface area contributed by atoms with Gasteiger partial charge in [0.25, 0.3) is 0 Å². The molecule has 5 heteroatoms. The molecule has 0 saturated carbocycles. The average molecular weight is 197 g/mol. The molecule has 0 aromatic rings. The maximum Gasteiger partial charge on any atom is 0.224 e. The molecule has 1 aliphatic heterocycles. The van der Waals surface area contributed by atoms with Crippen LogP contribution in [0.25, 0.3) is 0 Å². The second-order valence-corrected chi connectivity index (χ2v) is 4.07. The van der Waals surface area contributed by atoms with Gasteiger partial charge in [0.15, 0.2) is 5.96 Å². The third kappa shape index (κ3) is 2.61. The molecule has 1 rings (SSSR count). The molecule has 80 valence electrons. The van der Waals surface area contributed by atoms with Gasteiger partial charge in [-0.1, -0.05) is 13.8 Å². The maximum atomic E-state index is 5.30. The lowest BCUT2D eigenvalue weighted by Gasteiger charge is -2.22. The fraction of sp³-hybridized carbons (Fsp3) is 0.778. The highest BCUT2D eigenvalue weighted by molar-refractivity contribution is 5.94. The van der Waals surface area contributed by atoms with Crippen molar-refractivity contribution in [1.82, 2.24) is 4.90 Å². The molecule has 4 N–H and O–H groups in total. The Morgan fingerprint density at radius 2 is 2.29 bits per heavy atom. The predicted molar refractivity (Wildman–Crippen MR) is 59.1 cm³/mol. The normalized spacial score (nSPS) is 21.3. The van der Waals surface area contributed by atoms with Crippen LogP contribution < -0.4 is 11.5 Å². The van der Waals surface area contributed by atoms with Gasteiger partial charge in [-0.3, -0.25) is 0 Å². The van der Waals surface area contributed by atoms with Gasteiger partial charge >= 0.3 is 0 Å². The SMILES string of the molecule is CC(C)C[C@H]1CN=C(N=C(N)N)N1C. The molecular formula is C9H19N5. The Kier molecular flexibility index (Phi) is 3.33. The molecular weight excluding hydrogens is 178 g/mol. The summed E-state index contributed by atoms with van der Waals surface area (Å²) in [7, 11) is 1.98. The quantitative estimate of drug-likeness (QED) is 0.482. The van der Waals surface area contributed by atoms with E-state index < -0.39 is 0 Å². The van der Waals surface area contributed by atoms with Crippen LogP contribution in [0, 0.1) is 5.92 Å². The first-order valence-electron chi connectivity index (χ1n) is 4.87. The lowest BCUT2D eigenvalue weighted by molar-refractivity contribution is 0.340. The summed E-state index contributed by atoms with van der Waals surface area (Å²) in [5.41, 5.74) is 10.6. The molecule has 0 aromatic heterocycles. The highest BCUT2D eigenvalue weighted by Gasteiger charge is 2.24. The molecule has 1 aliphatic rings. The third-order valence-corrected chi connectivity index (χ3v) is 2.28. The van der Waals surface area contributed by atoms with Crippen molar-refractivity contribution >= 4 is 11.9 Å². The van der Waals surface area contributed by atoms with Crippen LogP contribution in [0.4, 0.5) is 0 Å². The molecule has 1 heterocycles. The first kappa shape index (κ1) is 10.8. The van der Waals surface area contributed by atoms with E-state index >= 15 is 0 Å². The van der Waals surface area contributed by atoms with Crippen LogP contribution in [0.2, 0.25) is 0 Å². The Balaban J connectivity index is 2.57. The van der Waals surface area contributed by atoms with Crippen molar-refractivity contribution in [2.24, 2.45) is 27.4 Å². The van der Waals surface area contributed by atoms with E-state index in [9.17, 15) is 0 Å². The molecule has 0 amide bonds. The summed E-state index contributed by atoms with van der Waals surface area (Å²) in [4.78, 5) is 10.3. The van der Waals surface area contributed by atoms with Gasteiger partial charge in [-0.2, -0.15) is 4.99 Å². The van der Waals surface area contributed by atoms with Crippen LogP contribution >= 0.6 is 0 Å². The number of aliphatic imine (C=N–C) groups is 2. The molecule has 0 unspecified atom stereocenters. The molecule has 0 bridgehead atoms. The molecule has 0 saturated heterocycles. The molecule has 0 spiro atoms. The van der Waals surface area contributed by atoms with Crippen LogP contribution in [-0.4, -0.2) is 36.5 Å². The topological polar surface area (TPSA) is 80.0 Å². The van der Waals surface area contributed by atoms with Crippen molar-refractivity contribution in [2.75, 3.05) is 13.6 Å². The molecule has 0 aromatic carbocycles. The van der Waals surface area contributed by atoms with E-state index in [1.54, 1.807) is 0 Å². The summed E-state index contributed by atoms with van der Waals surface area (Å²) in [6.45, 7) is 5.19. The van der Waals surface area contributed by atoms with E-state index in [1.807, 2.05) is 11.9 Å². The van der Waals surface area contributed by atoms with Gasteiger partial charge in [-0.15, -0.1) is 0 Å². The van der Waals surface area contributed by atoms with Crippen LogP contribution in [0.15, 0.2) is 9.98 Å². The lowest BCUT2D eigenvalue weighted by Crippen LogP contribution is -2.35. The summed E-state index contributed by atoms with van der Waals surface area (Å²) in [5, 5.41) is 0. The van der Waals surface area contributed by atoms with E-state index in [0.717, 1.165) is 13.0 Å². The minimum atomic E-state index is 0.0702. The molecule has 1 atom stereocenters. The fourth-order valence-corrected chi connectivity index (χ4v) is 1.59. The largest absolute Gasteiger partial charge is 0.370 e. The minimum absolute atomic E-state index is 0.0702. The van der Waals surface area contributed by atoms with Gasteiger partial charge in [0.2, 0.25) is 5.96 Å². The van der Waals surface area contributed by atoms with Gasteiger partial charge in [0.1, 0.15) is 0 Å². The number of nitrogens with two attached hydrogens (primary N) is 2. The van der Waals surface area contributed by atoms with Crippen LogP contribution in [0.1, 0.15) is 20.3 Å². The molecule has 0 aliphatic carbocycles. The summed E-state index contributed by atoms with van der Waals surface area (Å²) in [5.74, 6) is 1.38. The second kappa shape index (κ2) is 4.30. The van der Waals surface area contributed by atoms with Gasteiger partial charge in [-0.05, 0) is 12.3 Å². The number of hydrogen-bond acceptors (Lipinski definition) is 3. The van der Waals surface area contributed by atoms with E-state index in [1.165, 1.54) is 0 Å². The van der Waals surface area contributed by atoms with Gasteiger partial charge in [0, 0.05) is 7.05 Å². The summed E-state index contributed by atoms with van der Waals surface area (Å²) in [6.07, 6.45) is 1.11. The lowest BCUT2D eigenvalue weighted by atomic mass is 10.0. The van der Waals surface area contributed by atoms with E-state index in [-0.39, 0.29) is 5.96 Å². The van der Waals surface area contributed by atoms with Crippen LogP contribution in [0.3, 0.4) is 0 Å². The highest BCUT2D eigenvalue weighted by Crippen LogP contribution is 2.16. The zero-order chi connectivity index (χ0) is 10.7. The maximum absolute atomic E-state index is 5.30. The fourth-order valence-electron chi connectivity index (χ4n) is 1.59. The van der Waals surface area contributed by atoms with Crippen molar-refractivity contribution in [1.29, 1.82) is 0 Å². The summed E-state index contributed by atoms with van der Waals surface area (Å²) >= 11 is 0. The molecule has 14 heavy (non-hydrogen) atoms. The van der Waals surface area contributed by atoms with Crippen molar-refractivity contribution in [3.63, 3.8) is 0 Å². The predicted octanol–water partition coefficient (Wildman–Crippen LogP) is -0.0241. The Labute approximate surface area is 84.9 Å². The third-order valence-electron chi connectivity index (χ3n) is 2.28. The number of nitrogens with zero attached hydrogens (tertiary/aromatic N) is 3. The second-order valence-electron chi connectivity index (χ2n) is 4.07. The molecule has 0 fully saturated rings. The van der Waals surface area contributed by atoms with Crippen molar-refractivity contribution in [3.05, 3.63) is 0 Å². The Hall–Kier alpha value is -1.26. The first-order valence-corrected chi connectivity index (χ1v) is 4.87. The van der Waals surface area contributed by atoms with E-state index in [4.69, 9.17) is 11.5 Å². The zero-order valence-electron chi connectivity index (χ0n) is 9.07. The first-order chi connectivity index (χ1) is 6.50. The van der Waals surface area contributed by atoms with Crippen molar-refractivity contribution < 1.29 is 0 Å². The van der Waals surface area contributed by atoms with Gasteiger partial charge in [0.05, 0.1) is 12.6 Å². The highest BCUT2D eigenvalue weighted by atomic mass is 15.3. The summed E-state index contributed by atoms with van der Waals surface area (Å²) in [6, 6.07) is 0.438. The Morgan fingerprint density at radius 3 is 2.79 bits per heavy atom. The van der Waals surface area contributed by atoms with E-state index in [2.05, 4.69) is 23.8 Å². The molecule has 5 nitrogen and oxygen atoms in total. The number of likely N-dealkylation sites (N-methyl/N-ethyl adjacent to an activating group) is 1. The van der Waals surface area contributed by atoms with Crippen molar-refractivity contribution in [3.8, 4) is 0 Å². The monoisotopic (exact) mass is 197 g/mol. The Morgan fingerprint density at radius 1 is 1.64 bits per heavy atom. The Bertz CT molecular complexity index is 252. The van der Waals surface area contributed by atoms with Crippen LogP contribution in [-0.2, 0) is 0 Å². The number of rotatable bonds is 2. The molecule has 0 radical (unpaired) electrons. The number of hydrogen-bond donors (Lipinski definition) is 2. The zero-order valence-corrected chi connectivity index (χ0v) is 9.07. The smallest absolute Gasteiger partial charge is 0.224 e.